The van der Waals surface area contributed by atoms with E-state index in [1.54, 1.807) is 0 Å². The number of hydrogen-bond donors (Lipinski definition) is 0. The first-order chi connectivity index (χ1) is 7.38. The van der Waals surface area contributed by atoms with Gasteiger partial charge >= 0.3 is 0 Å². The maximum atomic E-state index is 5.68. The van der Waals surface area contributed by atoms with Gasteiger partial charge in [0, 0.05) is 6.61 Å². The van der Waals surface area contributed by atoms with Crippen LogP contribution in [0.5, 0.6) is 0 Å². The summed E-state index contributed by atoms with van der Waals surface area (Å²) < 4.78 is 5.68. The zero-order valence-electron chi connectivity index (χ0n) is 9.06. The molecule has 0 aromatic heterocycles. The minimum atomic E-state index is 0.746. The summed E-state index contributed by atoms with van der Waals surface area (Å²) in [7, 11) is 0. The quantitative estimate of drug-likeness (QED) is 0.665. The Hall–Kier alpha value is -1.08. The Balaban J connectivity index is 1.62. The molecule has 0 heterocycles. The Labute approximate surface area is 91.8 Å². The van der Waals surface area contributed by atoms with E-state index in [2.05, 4.69) is 36.9 Å². The zero-order valence-corrected chi connectivity index (χ0v) is 9.06. The average Bonchev–Trinajstić information content (AvgIpc) is 2.23. The van der Waals surface area contributed by atoms with Crippen LogP contribution in [-0.4, -0.2) is 6.61 Å². The summed E-state index contributed by atoms with van der Waals surface area (Å²) in [5.41, 5.74) is 1.26. The van der Waals surface area contributed by atoms with Gasteiger partial charge in [0.2, 0.25) is 0 Å². The van der Waals surface area contributed by atoms with Crippen LogP contribution in [0.2, 0.25) is 0 Å². The van der Waals surface area contributed by atoms with Crippen molar-refractivity contribution in [1.82, 2.24) is 0 Å². The lowest BCUT2D eigenvalue weighted by atomic mass is 9.75. The Bertz CT molecular complexity index is 298. The van der Waals surface area contributed by atoms with Gasteiger partial charge in [-0.2, -0.15) is 0 Å². The highest BCUT2D eigenvalue weighted by Crippen LogP contribution is 2.34. The van der Waals surface area contributed by atoms with Crippen molar-refractivity contribution in [3.05, 3.63) is 48.6 Å². The molecule has 0 aliphatic heterocycles. The van der Waals surface area contributed by atoms with E-state index in [0.29, 0.717) is 0 Å². The topological polar surface area (TPSA) is 9.23 Å². The van der Waals surface area contributed by atoms with Crippen molar-refractivity contribution in [3.63, 3.8) is 0 Å². The fraction of sp³-hybridized carbons (Fsp3) is 0.429. The van der Waals surface area contributed by atoms with Gasteiger partial charge < -0.3 is 4.74 Å². The molecule has 1 nitrogen and oxygen atoms in total. The molecule has 0 unspecified atom stereocenters. The predicted octanol–water partition coefficient (Wildman–Crippen LogP) is 3.42. The molecule has 0 bridgehead atoms. The molecule has 15 heavy (non-hydrogen) atoms. The predicted molar refractivity (Wildman–Crippen MR) is 62.5 cm³/mol. The van der Waals surface area contributed by atoms with E-state index in [9.17, 15) is 0 Å². The maximum Gasteiger partial charge on any atom is 0.0717 e. The van der Waals surface area contributed by atoms with Gasteiger partial charge in [0.15, 0.2) is 0 Å². The summed E-state index contributed by atoms with van der Waals surface area (Å²) in [6, 6.07) is 10.3. The summed E-state index contributed by atoms with van der Waals surface area (Å²) in [6.07, 6.45) is 4.59. The third-order valence-electron chi connectivity index (χ3n) is 3.07. The number of benzene rings is 1. The molecule has 2 rings (SSSR count). The molecule has 0 atom stereocenters. The fourth-order valence-electron chi connectivity index (χ4n) is 2.03. The second kappa shape index (κ2) is 5.13. The number of allylic oxidation sites excluding steroid dienone is 1. The van der Waals surface area contributed by atoms with Gasteiger partial charge in [0.1, 0.15) is 0 Å². The van der Waals surface area contributed by atoms with Crippen molar-refractivity contribution in [3.8, 4) is 0 Å². The first-order valence-electron chi connectivity index (χ1n) is 5.62. The molecule has 1 aliphatic carbocycles. The smallest absolute Gasteiger partial charge is 0.0717 e. The van der Waals surface area contributed by atoms with Gasteiger partial charge in [-0.1, -0.05) is 36.4 Å². The maximum absolute atomic E-state index is 5.68. The highest BCUT2D eigenvalue weighted by Gasteiger charge is 2.26. The van der Waals surface area contributed by atoms with Crippen molar-refractivity contribution in [1.29, 1.82) is 0 Å². The molecule has 1 aliphatic rings. The van der Waals surface area contributed by atoms with Crippen molar-refractivity contribution < 1.29 is 4.74 Å². The Morgan fingerprint density at radius 2 is 2.00 bits per heavy atom. The van der Waals surface area contributed by atoms with Crippen LogP contribution in [0.15, 0.2) is 43.0 Å². The molecule has 80 valence electrons. The molecule has 0 radical (unpaired) electrons. The van der Waals surface area contributed by atoms with Gasteiger partial charge in [-0.05, 0) is 30.2 Å². The first kappa shape index (κ1) is 10.4. The van der Waals surface area contributed by atoms with Crippen LogP contribution in [0.3, 0.4) is 0 Å². The lowest BCUT2D eigenvalue weighted by Gasteiger charge is -2.32. The summed E-state index contributed by atoms with van der Waals surface area (Å²) in [6.45, 7) is 5.45. The molecule has 0 amide bonds. The molecule has 1 fully saturated rings. The average molecular weight is 202 g/mol. The Kier molecular flexibility index (Phi) is 3.57. The zero-order chi connectivity index (χ0) is 10.5. The van der Waals surface area contributed by atoms with E-state index in [1.807, 2.05) is 6.07 Å². The molecular formula is C14H18O. The second-order valence-corrected chi connectivity index (χ2v) is 4.33. The minimum Gasteiger partial charge on any atom is -0.376 e. The molecule has 0 N–H and O–H groups in total. The van der Waals surface area contributed by atoms with Gasteiger partial charge in [-0.15, -0.1) is 6.58 Å². The Morgan fingerprint density at radius 3 is 2.67 bits per heavy atom. The summed E-state index contributed by atoms with van der Waals surface area (Å²) in [5.74, 6) is 1.51. The molecule has 0 spiro atoms. The van der Waals surface area contributed by atoms with Gasteiger partial charge in [-0.3, -0.25) is 0 Å². The van der Waals surface area contributed by atoms with Crippen LogP contribution >= 0.6 is 0 Å². The van der Waals surface area contributed by atoms with Crippen LogP contribution in [0.25, 0.3) is 0 Å². The van der Waals surface area contributed by atoms with E-state index in [-0.39, 0.29) is 0 Å². The van der Waals surface area contributed by atoms with E-state index in [4.69, 9.17) is 4.74 Å². The van der Waals surface area contributed by atoms with E-state index in [0.717, 1.165) is 25.0 Å². The number of ether oxygens (including phenoxy) is 1. The molecule has 0 saturated heterocycles. The van der Waals surface area contributed by atoms with Crippen LogP contribution < -0.4 is 0 Å². The summed E-state index contributed by atoms with van der Waals surface area (Å²) in [5, 5.41) is 0. The molecule has 1 saturated carbocycles. The molecular weight excluding hydrogens is 184 g/mol. The largest absolute Gasteiger partial charge is 0.376 e. The Morgan fingerprint density at radius 1 is 1.27 bits per heavy atom. The highest BCUT2D eigenvalue weighted by atomic mass is 16.5. The van der Waals surface area contributed by atoms with Crippen LogP contribution in [0.4, 0.5) is 0 Å². The van der Waals surface area contributed by atoms with Crippen LogP contribution in [0, 0.1) is 11.8 Å². The van der Waals surface area contributed by atoms with Crippen LogP contribution in [-0.2, 0) is 11.3 Å². The summed E-state index contributed by atoms with van der Waals surface area (Å²) >= 11 is 0. The number of hydrogen-bond acceptors (Lipinski definition) is 1. The minimum absolute atomic E-state index is 0.746. The van der Waals surface area contributed by atoms with Crippen molar-refractivity contribution in [2.24, 2.45) is 11.8 Å². The third kappa shape index (κ3) is 2.93. The molecule has 1 aromatic carbocycles. The van der Waals surface area contributed by atoms with Gasteiger partial charge in [0.05, 0.1) is 6.61 Å². The normalized spacial score (nSPS) is 24.5. The van der Waals surface area contributed by atoms with Crippen molar-refractivity contribution in [2.45, 2.75) is 19.4 Å². The lowest BCUT2D eigenvalue weighted by molar-refractivity contribution is 0.0452. The lowest BCUT2D eigenvalue weighted by Crippen LogP contribution is -2.25. The monoisotopic (exact) mass is 202 g/mol. The van der Waals surface area contributed by atoms with Gasteiger partial charge in [-0.25, -0.2) is 0 Å². The fourth-order valence-corrected chi connectivity index (χ4v) is 2.03. The van der Waals surface area contributed by atoms with E-state index >= 15 is 0 Å². The number of rotatable bonds is 5. The van der Waals surface area contributed by atoms with Crippen molar-refractivity contribution >= 4 is 0 Å². The molecule has 1 aromatic rings. The van der Waals surface area contributed by atoms with Crippen LogP contribution in [0.1, 0.15) is 18.4 Å². The van der Waals surface area contributed by atoms with E-state index in [1.165, 1.54) is 18.4 Å². The molecule has 1 heteroatoms. The second-order valence-electron chi connectivity index (χ2n) is 4.33. The SMILES string of the molecule is C=C[C@H]1C[C@H](COCc2ccccc2)C1. The summed E-state index contributed by atoms with van der Waals surface area (Å²) in [4.78, 5) is 0. The van der Waals surface area contributed by atoms with Crippen molar-refractivity contribution in [2.75, 3.05) is 6.61 Å². The third-order valence-corrected chi connectivity index (χ3v) is 3.07. The van der Waals surface area contributed by atoms with Gasteiger partial charge in [0.25, 0.3) is 0 Å². The first-order valence-corrected chi connectivity index (χ1v) is 5.62. The highest BCUT2D eigenvalue weighted by molar-refractivity contribution is 5.13. The van der Waals surface area contributed by atoms with E-state index < -0.39 is 0 Å². The standard InChI is InChI=1S/C14H18O/c1-2-12-8-14(9-12)11-15-10-13-6-4-3-5-7-13/h2-7,12,14H,1,8-11H2/t12-,14-.